The quantitative estimate of drug-likeness (QED) is 0.943. The Morgan fingerprint density at radius 3 is 2.50 bits per heavy atom. The summed E-state index contributed by atoms with van der Waals surface area (Å²) < 4.78 is 1.92. The normalized spacial score (nSPS) is 17.5. The van der Waals surface area contributed by atoms with Crippen LogP contribution in [0.1, 0.15) is 30.1 Å². The summed E-state index contributed by atoms with van der Waals surface area (Å²) in [5, 5.41) is 0. The van der Waals surface area contributed by atoms with E-state index in [1.807, 2.05) is 39.9 Å². The third-order valence-corrected chi connectivity index (χ3v) is 4.49. The summed E-state index contributed by atoms with van der Waals surface area (Å²) in [4.78, 5) is 18.5. The van der Waals surface area contributed by atoms with Crippen molar-refractivity contribution >= 4 is 5.91 Å². The van der Waals surface area contributed by atoms with Crippen molar-refractivity contribution in [1.29, 1.82) is 0 Å². The van der Waals surface area contributed by atoms with Gasteiger partial charge >= 0.3 is 0 Å². The van der Waals surface area contributed by atoms with Crippen LogP contribution in [0.5, 0.6) is 0 Å². The van der Waals surface area contributed by atoms with E-state index >= 15 is 0 Å². The van der Waals surface area contributed by atoms with Crippen LogP contribution in [0.15, 0.2) is 43.0 Å². The highest BCUT2D eigenvalue weighted by Crippen LogP contribution is 2.21. The zero-order valence-electron chi connectivity index (χ0n) is 12.9. The summed E-state index contributed by atoms with van der Waals surface area (Å²) in [5.41, 5.74) is 7.70. The molecule has 1 aliphatic heterocycles. The van der Waals surface area contributed by atoms with E-state index in [1.165, 1.54) is 0 Å². The molecule has 1 amide bonds. The van der Waals surface area contributed by atoms with Crippen molar-refractivity contribution in [2.75, 3.05) is 13.1 Å². The van der Waals surface area contributed by atoms with Crippen molar-refractivity contribution in [3.05, 3.63) is 48.5 Å². The van der Waals surface area contributed by atoms with E-state index in [4.69, 9.17) is 5.73 Å². The third-order valence-electron chi connectivity index (χ3n) is 4.49. The van der Waals surface area contributed by atoms with Crippen LogP contribution < -0.4 is 5.73 Å². The van der Waals surface area contributed by atoms with Crippen molar-refractivity contribution in [2.24, 2.45) is 11.7 Å². The average Bonchev–Trinajstić information content (AvgIpc) is 3.09. The number of amides is 1. The third kappa shape index (κ3) is 3.04. The smallest absolute Gasteiger partial charge is 0.253 e. The molecule has 0 aliphatic carbocycles. The van der Waals surface area contributed by atoms with Gasteiger partial charge in [-0.2, -0.15) is 0 Å². The zero-order chi connectivity index (χ0) is 15.5. The molecule has 22 heavy (non-hydrogen) atoms. The molecule has 1 aromatic carbocycles. The van der Waals surface area contributed by atoms with Gasteiger partial charge in [-0.05, 0) is 49.9 Å². The van der Waals surface area contributed by atoms with Gasteiger partial charge in [0.1, 0.15) is 0 Å². The number of piperidine rings is 1. The first-order chi connectivity index (χ1) is 10.6. The van der Waals surface area contributed by atoms with Crippen LogP contribution in [0.25, 0.3) is 5.69 Å². The SMILES string of the molecule is CC(N)C1CCN(C(=O)c2ccc(-n3ccnc3)cc2)CC1. The van der Waals surface area contributed by atoms with Gasteiger partial charge in [0.25, 0.3) is 5.91 Å². The number of benzene rings is 1. The van der Waals surface area contributed by atoms with Gasteiger partial charge in [0, 0.05) is 42.8 Å². The van der Waals surface area contributed by atoms with Gasteiger partial charge in [0.15, 0.2) is 0 Å². The number of nitrogens with two attached hydrogens (primary N) is 1. The molecule has 2 aromatic rings. The first-order valence-corrected chi connectivity index (χ1v) is 7.78. The molecule has 2 N–H and O–H groups in total. The maximum absolute atomic E-state index is 12.5. The lowest BCUT2D eigenvalue weighted by Gasteiger charge is -2.33. The summed E-state index contributed by atoms with van der Waals surface area (Å²) in [5.74, 6) is 0.646. The summed E-state index contributed by atoms with van der Waals surface area (Å²) in [6.45, 7) is 3.65. The fourth-order valence-corrected chi connectivity index (χ4v) is 3.00. The van der Waals surface area contributed by atoms with E-state index in [0.717, 1.165) is 37.2 Å². The lowest BCUT2D eigenvalue weighted by atomic mass is 9.90. The minimum Gasteiger partial charge on any atom is -0.339 e. The molecular formula is C17H22N4O. The molecule has 1 atom stereocenters. The molecule has 0 saturated carbocycles. The predicted octanol–water partition coefficient (Wildman–Crippen LogP) is 2.07. The molecule has 1 aliphatic rings. The molecule has 2 heterocycles. The van der Waals surface area contributed by atoms with Crippen LogP contribution >= 0.6 is 0 Å². The maximum Gasteiger partial charge on any atom is 0.253 e. The molecule has 0 bridgehead atoms. The molecule has 116 valence electrons. The standard InChI is InChI=1S/C17H22N4O/c1-13(18)14-6-9-20(10-7-14)17(22)15-2-4-16(5-3-15)21-11-8-19-12-21/h2-5,8,11-14H,6-7,9-10,18H2,1H3. The van der Waals surface area contributed by atoms with E-state index in [1.54, 1.807) is 12.5 Å². The Kier molecular flexibility index (Phi) is 4.24. The molecule has 5 nitrogen and oxygen atoms in total. The molecule has 0 spiro atoms. The summed E-state index contributed by atoms with van der Waals surface area (Å²) in [6, 6.07) is 7.88. The number of hydrogen-bond donors (Lipinski definition) is 1. The first-order valence-electron chi connectivity index (χ1n) is 7.78. The second-order valence-corrected chi connectivity index (χ2v) is 6.01. The van der Waals surface area contributed by atoms with Crippen LogP contribution in [0, 0.1) is 5.92 Å². The van der Waals surface area contributed by atoms with Gasteiger partial charge in [-0.3, -0.25) is 4.79 Å². The Morgan fingerprint density at radius 1 is 1.27 bits per heavy atom. The topological polar surface area (TPSA) is 64.2 Å². The number of aromatic nitrogens is 2. The van der Waals surface area contributed by atoms with Gasteiger partial charge in [-0.15, -0.1) is 0 Å². The highest BCUT2D eigenvalue weighted by Gasteiger charge is 2.25. The lowest BCUT2D eigenvalue weighted by molar-refractivity contribution is 0.0681. The number of rotatable bonds is 3. The molecule has 1 aromatic heterocycles. The Hall–Kier alpha value is -2.14. The maximum atomic E-state index is 12.5. The Bertz CT molecular complexity index is 611. The number of nitrogens with zero attached hydrogens (tertiary/aromatic N) is 3. The second kappa shape index (κ2) is 6.32. The van der Waals surface area contributed by atoms with Gasteiger partial charge in [0.05, 0.1) is 6.33 Å². The summed E-state index contributed by atoms with van der Waals surface area (Å²) >= 11 is 0. The molecular weight excluding hydrogens is 276 g/mol. The van der Waals surface area contributed by atoms with E-state index in [9.17, 15) is 4.79 Å². The fraction of sp³-hybridized carbons (Fsp3) is 0.412. The van der Waals surface area contributed by atoms with Crippen LogP contribution in [0.3, 0.4) is 0 Å². The van der Waals surface area contributed by atoms with Crippen molar-refractivity contribution in [3.63, 3.8) is 0 Å². The molecule has 3 rings (SSSR count). The van der Waals surface area contributed by atoms with Crippen LogP contribution in [0.4, 0.5) is 0 Å². The van der Waals surface area contributed by atoms with Crippen LogP contribution in [-0.2, 0) is 0 Å². The second-order valence-electron chi connectivity index (χ2n) is 6.01. The van der Waals surface area contributed by atoms with E-state index < -0.39 is 0 Å². The van der Waals surface area contributed by atoms with Crippen molar-refractivity contribution in [3.8, 4) is 5.69 Å². The number of carbonyl (C=O) groups is 1. The first kappa shape index (κ1) is 14.8. The number of hydrogen-bond acceptors (Lipinski definition) is 3. The minimum atomic E-state index is 0.111. The highest BCUT2D eigenvalue weighted by atomic mass is 16.2. The zero-order valence-corrected chi connectivity index (χ0v) is 12.9. The predicted molar refractivity (Wildman–Crippen MR) is 85.8 cm³/mol. The molecule has 5 heteroatoms. The highest BCUT2D eigenvalue weighted by molar-refractivity contribution is 5.94. The monoisotopic (exact) mass is 298 g/mol. The number of likely N-dealkylation sites (tertiary alicyclic amines) is 1. The lowest BCUT2D eigenvalue weighted by Crippen LogP contribution is -2.42. The number of imidazole rings is 1. The summed E-state index contributed by atoms with van der Waals surface area (Å²) in [6.07, 6.45) is 7.36. The van der Waals surface area contributed by atoms with Crippen molar-refractivity contribution < 1.29 is 4.79 Å². The largest absolute Gasteiger partial charge is 0.339 e. The van der Waals surface area contributed by atoms with Crippen LogP contribution in [0.2, 0.25) is 0 Å². The van der Waals surface area contributed by atoms with Gasteiger partial charge < -0.3 is 15.2 Å². The molecule has 1 fully saturated rings. The Balaban J connectivity index is 1.66. The Morgan fingerprint density at radius 2 is 1.95 bits per heavy atom. The van der Waals surface area contributed by atoms with E-state index in [-0.39, 0.29) is 11.9 Å². The van der Waals surface area contributed by atoms with E-state index in [2.05, 4.69) is 11.9 Å². The average molecular weight is 298 g/mol. The Labute approximate surface area is 130 Å². The van der Waals surface area contributed by atoms with Gasteiger partial charge in [-0.1, -0.05) is 0 Å². The van der Waals surface area contributed by atoms with Gasteiger partial charge in [0.2, 0.25) is 0 Å². The number of carbonyl (C=O) groups excluding carboxylic acids is 1. The molecule has 1 saturated heterocycles. The molecule has 1 unspecified atom stereocenters. The minimum absolute atomic E-state index is 0.111. The van der Waals surface area contributed by atoms with Crippen molar-refractivity contribution in [2.45, 2.75) is 25.8 Å². The van der Waals surface area contributed by atoms with Crippen molar-refractivity contribution in [1.82, 2.24) is 14.5 Å². The fourth-order valence-electron chi connectivity index (χ4n) is 3.00. The van der Waals surface area contributed by atoms with Gasteiger partial charge in [-0.25, -0.2) is 4.98 Å². The van der Waals surface area contributed by atoms with E-state index in [0.29, 0.717) is 5.92 Å². The van der Waals surface area contributed by atoms with Crippen LogP contribution in [-0.4, -0.2) is 39.5 Å². The summed E-state index contributed by atoms with van der Waals surface area (Å²) in [7, 11) is 0. The molecule has 0 radical (unpaired) electrons.